The van der Waals surface area contributed by atoms with Crippen LogP contribution in [0.2, 0.25) is 5.02 Å². The zero-order valence-corrected chi connectivity index (χ0v) is 21.8. The first-order chi connectivity index (χ1) is 17.9. The highest BCUT2D eigenvalue weighted by molar-refractivity contribution is 7.80. The minimum Gasteiger partial charge on any atom is -0.382 e. The van der Waals surface area contributed by atoms with Crippen molar-refractivity contribution in [2.24, 2.45) is 0 Å². The molecule has 37 heavy (non-hydrogen) atoms. The van der Waals surface area contributed by atoms with Crippen LogP contribution in [0.25, 0.3) is 0 Å². The molecule has 198 valence electrons. The van der Waals surface area contributed by atoms with Crippen LogP contribution in [0.1, 0.15) is 6.42 Å². The lowest BCUT2D eigenvalue weighted by Crippen LogP contribution is -2.45. The van der Waals surface area contributed by atoms with Gasteiger partial charge in [0.15, 0.2) is 5.11 Å². The number of carbonyl (C=O) groups excluding carboxylic acids is 2. The van der Waals surface area contributed by atoms with Gasteiger partial charge in [0.05, 0.1) is 31.6 Å². The second-order valence-corrected chi connectivity index (χ2v) is 9.40. The quantitative estimate of drug-likeness (QED) is 0.382. The van der Waals surface area contributed by atoms with Crippen molar-refractivity contribution in [2.75, 3.05) is 62.2 Å². The number of thiocarbonyl (C=S) groups is 1. The summed E-state index contributed by atoms with van der Waals surface area (Å²) in [6.45, 7) is 1.84. The van der Waals surface area contributed by atoms with E-state index in [9.17, 15) is 14.0 Å². The summed E-state index contributed by atoms with van der Waals surface area (Å²) in [4.78, 5) is 28.6. The maximum atomic E-state index is 15.0. The first-order valence-electron chi connectivity index (χ1n) is 11.8. The van der Waals surface area contributed by atoms with E-state index in [4.69, 9.17) is 38.0 Å². The van der Waals surface area contributed by atoms with Crippen molar-refractivity contribution in [3.8, 4) is 0 Å². The van der Waals surface area contributed by atoms with Crippen LogP contribution >= 0.6 is 23.8 Å². The molecule has 0 radical (unpaired) electrons. The topological polar surface area (TPSA) is 92.4 Å². The molecule has 2 aromatic rings. The highest BCUT2D eigenvalue weighted by Crippen LogP contribution is 2.27. The molecule has 2 heterocycles. The largest absolute Gasteiger partial charge is 0.382 e. The van der Waals surface area contributed by atoms with Gasteiger partial charge < -0.3 is 34.6 Å². The van der Waals surface area contributed by atoms with Gasteiger partial charge in [-0.05, 0) is 54.7 Å². The number of carbonyl (C=O) groups is 2. The Morgan fingerprint density at radius 1 is 1.22 bits per heavy atom. The van der Waals surface area contributed by atoms with Gasteiger partial charge in [-0.1, -0.05) is 11.6 Å². The highest BCUT2D eigenvalue weighted by Gasteiger charge is 2.39. The van der Waals surface area contributed by atoms with Gasteiger partial charge in [0, 0.05) is 43.0 Å². The number of rotatable bonds is 8. The van der Waals surface area contributed by atoms with Crippen molar-refractivity contribution in [1.29, 1.82) is 0 Å². The van der Waals surface area contributed by atoms with Gasteiger partial charge in [0.2, 0.25) is 5.91 Å². The first-order valence-corrected chi connectivity index (χ1v) is 12.6. The number of methoxy groups -OCH3 is 1. The number of anilines is 3. The number of ether oxygens (including phenoxy) is 3. The molecule has 0 bridgehead atoms. The first kappa shape index (κ1) is 27.2. The maximum Gasteiger partial charge on any atom is 0.253 e. The Morgan fingerprint density at radius 3 is 2.70 bits per heavy atom. The van der Waals surface area contributed by atoms with Gasteiger partial charge in [0.25, 0.3) is 5.91 Å². The number of halogens is 2. The predicted octanol–water partition coefficient (Wildman–Crippen LogP) is 3.28. The second-order valence-electron chi connectivity index (χ2n) is 8.58. The number of nitrogens with one attached hydrogen (secondary N) is 2. The van der Waals surface area contributed by atoms with Gasteiger partial charge in [-0.3, -0.25) is 9.59 Å². The van der Waals surface area contributed by atoms with Crippen LogP contribution in [0.5, 0.6) is 0 Å². The van der Waals surface area contributed by atoms with E-state index < -0.39 is 17.8 Å². The van der Waals surface area contributed by atoms with Crippen molar-refractivity contribution < 1.29 is 28.2 Å². The van der Waals surface area contributed by atoms with E-state index in [1.165, 1.54) is 17.0 Å². The molecule has 9 nitrogen and oxygen atoms in total. The molecule has 2 aromatic carbocycles. The molecular formula is C25H28ClFN4O5S. The smallest absolute Gasteiger partial charge is 0.253 e. The van der Waals surface area contributed by atoms with E-state index in [0.717, 1.165) is 5.69 Å². The molecule has 0 aromatic heterocycles. The number of amides is 2. The third-order valence-corrected chi connectivity index (χ3v) is 6.66. The number of likely N-dealkylation sites (tertiary alicyclic amines) is 1. The van der Waals surface area contributed by atoms with Crippen LogP contribution in [-0.2, 0) is 23.8 Å². The van der Waals surface area contributed by atoms with Crippen molar-refractivity contribution in [2.45, 2.75) is 18.6 Å². The van der Waals surface area contributed by atoms with Gasteiger partial charge in [-0.25, -0.2) is 4.39 Å². The molecular weight excluding hydrogens is 523 g/mol. The van der Waals surface area contributed by atoms with E-state index >= 15 is 0 Å². The van der Waals surface area contributed by atoms with Gasteiger partial charge in [0.1, 0.15) is 18.5 Å². The summed E-state index contributed by atoms with van der Waals surface area (Å²) in [5, 5.41) is 6.72. The lowest BCUT2D eigenvalue weighted by atomic mass is 10.1. The zero-order valence-electron chi connectivity index (χ0n) is 20.2. The third kappa shape index (κ3) is 6.93. The molecule has 2 amide bonds. The number of morpholine rings is 1. The van der Waals surface area contributed by atoms with Crippen LogP contribution in [-0.4, -0.2) is 80.6 Å². The lowest BCUT2D eigenvalue weighted by Gasteiger charge is -2.28. The van der Waals surface area contributed by atoms with Crippen LogP contribution in [0.15, 0.2) is 42.5 Å². The Hall–Kier alpha value is -2.83. The molecule has 12 heteroatoms. The van der Waals surface area contributed by atoms with E-state index in [2.05, 4.69) is 10.6 Å². The SMILES string of the molecule is COCCO[C@@H]1C[C@H](C(=O)Nc2ccc(N3CCOCC3=O)cc2F)N(C(=S)Nc2ccc(Cl)cc2)C1. The van der Waals surface area contributed by atoms with E-state index in [1.807, 2.05) is 0 Å². The predicted molar refractivity (Wildman–Crippen MR) is 143 cm³/mol. The molecule has 2 fully saturated rings. The summed E-state index contributed by atoms with van der Waals surface area (Å²) in [6, 6.07) is 10.6. The number of benzene rings is 2. The minimum absolute atomic E-state index is 0.00902. The Morgan fingerprint density at radius 2 is 2.00 bits per heavy atom. The van der Waals surface area contributed by atoms with Crippen LogP contribution in [0.4, 0.5) is 21.5 Å². The Bertz CT molecular complexity index is 1140. The summed E-state index contributed by atoms with van der Waals surface area (Å²) in [5.74, 6) is -1.32. The van der Waals surface area contributed by atoms with Crippen LogP contribution in [0, 0.1) is 5.82 Å². The average Bonchev–Trinajstić information content (AvgIpc) is 3.32. The molecule has 2 saturated heterocycles. The van der Waals surface area contributed by atoms with Gasteiger partial charge >= 0.3 is 0 Å². The Kier molecular flexibility index (Phi) is 9.28. The van der Waals surface area contributed by atoms with Crippen LogP contribution < -0.4 is 15.5 Å². The van der Waals surface area contributed by atoms with E-state index in [1.54, 1.807) is 42.3 Å². The molecule has 2 aliphatic heterocycles. The fourth-order valence-corrected chi connectivity index (χ4v) is 4.64. The maximum absolute atomic E-state index is 15.0. The van der Waals surface area contributed by atoms with Crippen molar-refractivity contribution >= 4 is 57.8 Å². The lowest BCUT2D eigenvalue weighted by molar-refractivity contribution is -0.125. The van der Waals surface area contributed by atoms with Gasteiger partial charge in [-0.15, -0.1) is 0 Å². The highest BCUT2D eigenvalue weighted by atomic mass is 35.5. The van der Waals surface area contributed by atoms with Gasteiger partial charge in [-0.2, -0.15) is 0 Å². The summed E-state index contributed by atoms with van der Waals surface area (Å²) >= 11 is 11.6. The Labute approximate surface area is 224 Å². The molecule has 0 saturated carbocycles. The van der Waals surface area contributed by atoms with E-state index in [-0.39, 0.29) is 24.3 Å². The molecule has 2 atom stereocenters. The number of nitrogens with zero attached hydrogens (tertiary/aromatic N) is 2. The summed E-state index contributed by atoms with van der Waals surface area (Å²) < 4.78 is 31.0. The van der Waals surface area contributed by atoms with Crippen molar-refractivity contribution in [1.82, 2.24) is 4.90 Å². The number of hydrogen-bond acceptors (Lipinski definition) is 6. The third-order valence-electron chi connectivity index (χ3n) is 6.07. The molecule has 2 aliphatic rings. The number of hydrogen-bond donors (Lipinski definition) is 2. The average molecular weight is 551 g/mol. The fourth-order valence-electron chi connectivity index (χ4n) is 4.20. The summed E-state index contributed by atoms with van der Waals surface area (Å²) in [5.41, 5.74) is 1.14. The monoisotopic (exact) mass is 550 g/mol. The summed E-state index contributed by atoms with van der Waals surface area (Å²) in [7, 11) is 1.58. The Balaban J connectivity index is 1.46. The van der Waals surface area contributed by atoms with Crippen molar-refractivity contribution in [3.63, 3.8) is 0 Å². The molecule has 4 rings (SSSR count). The summed E-state index contributed by atoms with van der Waals surface area (Å²) in [6.07, 6.45) is 0.0930. The minimum atomic E-state index is -0.695. The van der Waals surface area contributed by atoms with Crippen LogP contribution in [0.3, 0.4) is 0 Å². The second kappa shape index (κ2) is 12.6. The molecule has 0 aliphatic carbocycles. The van der Waals surface area contributed by atoms with E-state index in [0.29, 0.717) is 55.2 Å². The molecule has 2 N–H and O–H groups in total. The normalized spacial score (nSPS) is 19.7. The standard InChI is InChI=1S/C25H28ClFN4O5S/c1-34-10-11-36-19-13-22(31(14-19)25(37)28-17-4-2-16(26)3-5-17)24(33)29-21-7-6-18(12-20(21)27)30-8-9-35-15-23(30)32/h2-7,12,19,22H,8-11,13-15H2,1H3,(H,28,37)(H,29,33)/t19-,22-/m1/s1. The zero-order chi connectivity index (χ0) is 26.4. The molecule has 0 spiro atoms. The molecule has 0 unspecified atom stereocenters. The van der Waals surface area contributed by atoms with Crippen molar-refractivity contribution in [3.05, 3.63) is 53.3 Å². The fraction of sp³-hybridized carbons (Fsp3) is 0.400.